The molecule has 1 amide bonds. The molecule has 1 aromatic rings. The van der Waals surface area contributed by atoms with Crippen LogP contribution in [0.1, 0.15) is 13.8 Å². The summed E-state index contributed by atoms with van der Waals surface area (Å²) in [6, 6.07) is 5.41. The van der Waals surface area contributed by atoms with Gasteiger partial charge in [-0.15, -0.1) is 0 Å². The maximum Gasteiger partial charge on any atom is 0.226 e. The van der Waals surface area contributed by atoms with E-state index in [1.54, 1.807) is 25.5 Å². The van der Waals surface area contributed by atoms with Gasteiger partial charge in [-0.3, -0.25) is 4.79 Å². The Labute approximate surface area is 110 Å². The van der Waals surface area contributed by atoms with Gasteiger partial charge in [0, 0.05) is 15.7 Å². The molecule has 1 rings (SSSR count). The van der Waals surface area contributed by atoms with Gasteiger partial charge in [0.15, 0.2) is 0 Å². The van der Waals surface area contributed by atoms with E-state index in [9.17, 15) is 9.36 Å². The van der Waals surface area contributed by atoms with Crippen LogP contribution in [0.25, 0.3) is 0 Å². The van der Waals surface area contributed by atoms with Crippen molar-refractivity contribution in [2.24, 2.45) is 5.92 Å². The van der Waals surface area contributed by atoms with Crippen molar-refractivity contribution < 1.29 is 9.36 Å². The van der Waals surface area contributed by atoms with Crippen LogP contribution in [0.2, 0.25) is 0 Å². The summed E-state index contributed by atoms with van der Waals surface area (Å²) in [6.45, 7) is 7.04. The van der Waals surface area contributed by atoms with Gasteiger partial charge in [-0.1, -0.05) is 29.8 Å². The summed E-state index contributed by atoms with van der Waals surface area (Å²) < 4.78 is 13.0. The second-order valence-corrected chi connectivity index (χ2v) is 8.76. The molecule has 94 valence electrons. The molecule has 0 saturated heterocycles. The number of nitrogens with one attached hydrogen (secondary N) is 1. The molecule has 0 atom stereocenters. The van der Waals surface area contributed by atoms with Crippen LogP contribution in [-0.2, 0) is 9.36 Å². The lowest BCUT2D eigenvalue weighted by atomic mass is 10.2. The van der Waals surface area contributed by atoms with Crippen molar-refractivity contribution in [1.82, 2.24) is 0 Å². The first-order chi connectivity index (χ1) is 7.71. The van der Waals surface area contributed by atoms with Crippen molar-refractivity contribution >= 4 is 40.0 Å². The van der Waals surface area contributed by atoms with Gasteiger partial charge in [0.05, 0.1) is 5.69 Å². The molecule has 0 saturated carbocycles. The minimum atomic E-state index is -2.40. The Morgan fingerprint density at radius 2 is 1.94 bits per heavy atom. The Hall–Kier alpha value is -0.600. The zero-order chi connectivity index (χ0) is 13.2. The molecule has 1 N–H and O–H groups in total. The van der Waals surface area contributed by atoms with Gasteiger partial charge in [0.1, 0.15) is 7.14 Å². The van der Waals surface area contributed by atoms with Crippen molar-refractivity contribution in [3.63, 3.8) is 0 Å². The fourth-order valence-corrected chi connectivity index (χ4v) is 2.85. The van der Waals surface area contributed by atoms with Crippen LogP contribution < -0.4 is 10.6 Å². The molecule has 0 aliphatic heterocycles. The van der Waals surface area contributed by atoms with Crippen LogP contribution in [0, 0.1) is 5.92 Å². The molecule has 0 bridgehead atoms. The second kappa shape index (κ2) is 5.36. The summed E-state index contributed by atoms with van der Waals surface area (Å²) in [7, 11) is -2.40. The highest BCUT2D eigenvalue weighted by Gasteiger charge is 2.18. The van der Waals surface area contributed by atoms with Crippen molar-refractivity contribution in [2.75, 3.05) is 18.6 Å². The maximum absolute atomic E-state index is 12.1. The number of hydrogen-bond donors (Lipinski definition) is 1. The Balaban J connectivity index is 3.17. The maximum atomic E-state index is 12.1. The number of benzene rings is 1. The number of carbonyl (C=O) groups excluding carboxylic acids is 1. The van der Waals surface area contributed by atoms with Gasteiger partial charge in [-0.05, 0) is 31.5 Å². The van der Waals surface area contributed by atoms with E-state index >= 15 is 0 Å². The number of halogens is 1. The van der Waals surface area contributed by atoms with E-state index in [0.717, 1.165) is 4.47 Å². The van der Waals surface area contributed by atoms with Crippen molar-refractivity contribution in [3.8, 4) is 0 Å². The van der Waals surface area contributed by atoms with Gasteiger partial charge in [0.2, 0.25) is 5.91 Å². The first-order valence-electron chi connectivity index (χ1n) is 5.38. The van der Waals surface area contributed by atoms with Gasteiger partial charge in [-0.2, -0.15) is 0 Å². The highest BCUT2D eigenvalue weighted by molar-refractivity contribution is 9.10. The average Bonchev–Trinajstić information content (AvgIpc) is 2.15. The minimum Gasteiger partial charge on any atom is -0.325 e. The fraction of sp³-hybridized carbons (Fsp3) is 0.417. The number of hydrogen-bond acceptors (Lipinski definition) is 2. The molecule has 17 heavy (non-hydrogen) atoms. The van der Waals surface area contributed by atoms with Crippen molar-refractivity contribution in [2.45, 2.75) is 13.8 Å². The molecule has 0 spiro atoms. The molecular weight excluding hydrogens is 301 g/mol. The van der Waals surface area contributed by atoms with Gasteiger partial charge >= 0.3 is 0 Å². The Kier molecular flexibility index (Phi) is 4.56. The highest BCUT2D eigenvalue weighted by atomic mass is 79.9. The quantitative estimate of drug-likeness (QED) is 0.869. The molecule has 0 aliphatic rings. The normalized spacial score (nSPS) is 11.6. The summed E-state index contributed by atoms with van der Waals surface area (Å²) >= 11 is 3.35. The molecule has 1 aromatic carbocycles. The molecule has 0 aliphatic carbocycles. The fourth-order valence-electron chi connectivity index (χ4n) is 1.36. The van der Waals surface area contributed by atoms with Gasteiger partial charge in [-0.25, -0.2) is 0 Å². The molecule has 0 unspecified atom stereocenters. The van der Waals surface area contributed by atoms with Crippen LogP contribution in [0.5, 0.6) is 0 Å². The van der Waals surface area contributed by atoms with E-state index in [0.29, 0.717) is 11.0 Å². The average molecular weight is 318 g/mol. The zero-order valence-electron chi connectivity index (χ0n) is 10.5. The summed E-state index contributed by atoms with van der Waals surface area (Å²) in [5.41, 5.74) is 0.631. The number of carbonyl (C=O) groups is 1. The molecule has 0 heterocycles. The third-order valence-electron chi connectivity index (χ3n) is 2.32. The number of amides is 1. The smallest absolute Gasteiger partial charge is 0.226 e. The SMILES string of the molecule is CC(C)C(=O)Nc1cc(Br)ccc1P(C)(C)=O. The molecule has 0 fully saturated rings. The largest absolute Gasteiger partial charge is 0.325 e. The lowest BCUT2D eigenvalue weighted by Crippen LogP contribution is -2.22. The molecular formula is C12H17BrNO2P. The lowest BCUT2D eigenvalue weighted by molar-refractivity contribution is -0.118. The van der Waals surface area contributed by atoms with Crippen LogP contribution in [0.3, 0.4) is 0 Å². The van der Waals surface area contributed by atoms with E-state index < -0.39 is 7.14 Å². The van der Waals surface area contributed by atoms with Crippen LogP contribution >= 0.6 is 23.1 Å². The Morgan fingerprint density at radius 3 is 2.41 bits per heavy atom. The third kappa shape index (κ3) is 3.97. The predicted molar refractivity (Wildman–Crippen MR) is 76.7 cm³/mol. The van der Waals surface area contributed by atoms with Crippen molar-refractivity contribution in [3.05, 3.63) is 22.7 Å². The summed E-state index contributed by atoms with van der Waals surface area (Å²) in [5, 5.41) is 3.52. The van der Waals surface area contributed by atoms with Gasteiger partial charge < -0.3 is 9.88 Å². The van der Waals surface area contributed by atoms with Gasteiger partial charge in [0.25, 0.3) is 0 Å². The lowest BCUT2D eigenvalue weighted by Gasteiger charge is -2.15. The summed E-state index contributed by atoms with van der Waals surface area (Å²) in [6.07, 6.45) is 0. The highest BCUT2D eigenvalue weighted by Crippen LogP contribution is 2.38. The summed E-state index contributed by atoms with van der Waals surface area (Å²) in [5.74, 6) is -0.173. The first kappa shape index (κ1) is 14.5. The molecule has 0 radical (unpaired) electrons. The van der Waals surface area contributed by atoms with E-state index in [1.807, 2.05) is 19.9 Å². The first-order valence-corrected chi connectivity index (χ1v) is 8.77. The van der Waals surface area contributed by atoms with Crippen molar-refractivity contribution in [1.29, 1.82) is 0 Å². The molecule has 3 nitrogen and oxygen atoms in total. The number of rotatable bonds is 3. The van der Waals surface area contributed by atoms with E-state index in [4.69, 9.17) is 0 Å². The van der Waals surface area contributed by atoms with Crippen LogP contribution in [0.4, 0.5) is 5.69 Å². The second-order valence-electron chi connectivity index (χ2n) is 4.66. The van der Waals surface area contributed by atoms with E-state index in [1.165, 1.54) is 0 Å². The zero-order valence-corrected chi connectivity index (χ0v) is 12.9. The Morgan fingerprint density at radius 1 is 1.35 bits per heavy atom. The van der Waals surface area contributed by atoms with Crippen LogP contribution in [-0.4, -0.2) is 19.2 Å². The Bertz CT molecular complexity index is 479. The van der Waals surface area contributed by atoms with E-state index in [-0.39, 0.29) is 11.8 Å². The predicted octanol–water partition coefficient (Wildman–Crippen LogP) is 3.29. The molecule has 0 aromatic heterocycles. The minimum absolute atomic E-state index is 0.0715. The number of anilines is 1. The van der Waals surface area contributed by atoms with E-state index in [2.05, 4.69) is 21.2 Å². The monoisotopic (exact) mass is 317 g/mol. The standard InChI is InChI=1S/C12H17BrNO2P/c1-8(2)12(15)14-10-7-9(13)5-6-11(10)17(3,4)16/h5-8H,1-4H3,(H,14,15). The molecule has 5 heteroatoms. The third-order valence-corrected chi connectivity index (χ3v) is 4.36. The topological polar surface area (TPSA) is 46.2 Å². The van der Waals surface area contributed by atoms with Crippen LogP contribution in [0.15, 0.2) is 22.7 Å². The summed E-state index contributed by atoms with van der Waals surface area (Å²) in [4.78, 5) is 11.7.